The Morgan fingerprint density at radius 3 is 2.44 bits per heavy atom. The Kier molecular flexibility index (Phi) is 2.78. The van der Waals surface area contributed by atoms with Crippen LogP contribution in [-0.2, 0) is 20.1 Å². The normalized spacial score (nSPS) is 10.2. The third kappa shape index (κ3) is 1.52. The molecule has 0 saturated heterocycles. The van der Waals surface area contributed by atoms with Crippen molar-refractivity contribution in [3.63, 3.8) is 0 Å². The van der Waals surface area contributed by atoms with Gasteiger partial charge in [-0.15, -0.1) is 12.8 Å². The Balaban J connectivity index is 3.01. The van der Waals surface area contributed by atoms with Gasteiger partial charge in [0.25, 0.3) is 5.56 Å². The number of terminal acetylenes is 2. The summed E-state index contributed by atoms with van der Waals surface area (Å²) in [5.74, 6) is 4.64. The second kappa shape index (κ2) is 4.27. The second-order valence-electron chi connectivity index (χ2n) is 3.70. The van der Waals surface area contributed by atoms with Crippen molar-refractivity contribution >= 4 is 11.2 Å². The summed E-state index contributed by atoms with van der Waals surface area (Å²) >= 11 is 0. The molecule has 0 fully saturated rings. The quantitative estimate of drug-likeness (QED) is 0.645. The highest BCUT2D eigenvalue weighted by Gasteiger charge is 2.15. The average Bonchev–Trinajstić information content (AvgIpc) is 2.72. The van der Waals surface area contributed by atoms with Crippen LogP contribution in [0.1, 0.15) is 0 Å². The van der Waals surface area contributed by atoms with Gasteiger partial charge in [0, 0.05) is 7.05 Å². The molecule has 0 amide bonds. The number of fused-ring (bicyclic) bond motifs is 1. The zero-order valence-corrected chi connectivity index (χ0v) is 9.75. The van der Waals surface area contributed by atoms with Gasteiger partial charge in [-0.05, 0) is 0 Å². The Bertz CT molecular complexity index is 808. The summed E-state index contributed by atoms with van der Waals surface area (Å²) in [4.78, 5) is 28.2. The highest BCUT2D eigenvalue weighted by atomic mass is 16.2. The minimum atomic E-state index is -0.540. The van der Waals surface area contributed by atoms with Crippen LogP contribution in [0.15, 0.2) is 15.9 Å². The fraction of sp³-hybridized carbons (Fsp3) is 0.250. The highest BCUT2D eigenvalue weighted by molar-refractivity contribution is 5.70. The topological polar surface area (TPSA) is 61.8 Å². The lowest BCUT2D eigenvalue weighted by Crippen LogP contribution is -2.40. The monoisotopic (exact) mass is 242 g/mol. The van der Waals surface area contributed by atoms with Crippen molar-refractivity contribution < 1.29 is 0 Å². The summed E-state index contributed by atoms with van der Waals surface area (Å²) in [5.41, 5.74) is -0.415. The summed E-state index contributed by atoms with van der Waals surface area (Å²) in [6.45, 7) is -0.0550. The first-order chi connectivity index (χ1) is 8.61. The predicted octanol–water partition coefficient (Wildman–Crippen LogP) is -0.837. The largest absolute Gasteiger partial charge is 0.334 e. The standard InChI is InChI=1S/C12H10N4O2/c1-4-6-15-10-9(14(3)8-13-10)11(17)16(7-5-2)12(15)18/h1-2,8H,6-7H2,3H3. The van der Waals surface area contributed by atoms with Gasteiger partial charge in [0.05, 0.1) is 19.4 Å². The molecule has 2 rings (SSSR count). The molecule has 6 nitrogen and oxygen atoms in total. The SMILES string of the molecule is C#CCn1c(=O)c2c(ncn2C)n(CC#C)c1=O. The minimum Gasteiger partial charge on any atom is -0.328 e. The molecule has 0 saturated carbocycles. The van der Waals surface area contributed by atoms with Gasteiger partial charge in [-0.2, -0.15) is 0 Å². The van der Waals surface area contributed by atoms with E-state index in [9.17, 15) is 9.59 Å². The lowest BCUT2D eigenvalue weighted by atomic mass is 10.4. The van der Waals surface area contributed by atoms with Crippen LogP contribution in [-0.4, -0.2) is 18.7 Å². The first-order valence-corrected chi connectivity index (χ1v) is 5.13. The van der Waals surface area contributed by atoms with E-state index >= 15 is 0 Å². The Morgan fingerprint density at radius 2 is 1.83 bits per heavy atom. The van der Waals surface area contributed by atoms with Crippen molar-refractivity contribution in [2.75, 3.05) is 0 Å². The smallest absolute Gasteiger partial charge is 0.328 e. The molecule has 0 N–H and O–H groups in total. The van der Waals surface area contributed by atoms with E-state index in [-0.39, 0.29) is 18.7 Å². The van der Waals surface area contributed by atoms with Crippen LogP contribution in [0.25, 0.3) is 11.2 Å². The van der Waals surface area contributed by atoms with Gasteiger partial charge in [-0.25, -0.2) is 14.3 Å². The van der Waals surface area contributed by atoms with Crippen molar-refractivity contribution in [2.24, 2.45) is 7.05 Å². The van der Waals surface area contributed by atoms with Crippen LogP contribution in [0.4, 0.5) is 0 Å². The van der Waals surface area contributed by atoms with E-state index in [0.29, 0.717) is 5.52 Å². The van der Waals surface area contributed by atoms with Gasteiger partial charge in [-0.1, -0.05) is 11.8 Å². The number of imidazole rings is 1. The molecule has 0 radical (unpaired) electrons. The van der Waals surface area contributed by atoms with E-state index < -0.39 is 11.2 Å². The molecule has 0 atom stereocenters. The minimum absolute atomic E-state index is 0.0389. The van der Waals surface area contributed by atoms with Gasteiger partial charge in [0.1, 0.15) is 0 Å². The van der Waals surface area contributed by atoms with Gasteiger partial charge in [0.2, 0.25) is 0 Å². The second-order valence-corrected chi connectivity index (χ2v) is 3.70. The fourth-order valence-electron chi connectivity index (χ4n) is 1.78. The third-order valence-electron chi connectivity index (χ3n) is 2.58. The van der Waals surface area contributed by atoms with E-state index in [0.717, 1.165) is 4.57 Å². The van der Waals surface area contributed by atoms with Crippen LogP contribution in [0, 0.1) is 24.7 Å². The molecule has 0 aliphatic rings. The number of aromatic nitrogens is 4. The van der Waals surface area contributed by atoms with Gasteiger partial charge in [0.15, 0.2) is 11.2 Å². The van der Waals surface area contributed by atoms with E-state index in [2.05, 4.69) is 16.8 Å². The van der Waals surface area contributed by atoms with Crippen molar-refractivity contribution in [2.45, 2.75) is 13.1 Å². The third-order valence-corrected chi connectivity index (χ3v) is 2.58. The molecule has 6 heteroatoms. The molecule has 0 aromatic carbocycles. The number of nitrogens with zero attached hydrogens (tertiary/aromatic N) is 4. The number of hydrogen-bond donors (Lipinski definition) is 0. The van der Waals surface area contributed by atoms with Crippen molar-refractivity contribution in [1.82, 2.24) is 18.7 Å². The Labute approximate surface area is 102 Å². The van der Waals surface area contributed by atoms with Crippen LogP contribution >= 0.6 is 0 Å². The maximum Gasteiger partial charge on any atom is 0.334 e. The van der Waals surface area contributed by atoms with Crippen LogP contribution in [0.3, 0.4) is 0 Å². The molecule has 0 spiro atoms. The van der Waals surface area contributed by atoms with Gasteiger partial charge in [-0.3, -0.25) is 9.36 Å². The average molecular weight is 242 g/mol. The van der Waals surface area contributed by atoms with E-state index in [1.54, 1.807) is 7.05 Å². The number of rotatable bonds is 2. The van der Waals surface area contributed by atoms with Crippen molar-refractivity contribution in [1.29, 1.82) is 0 Å². The van der Waals surface area contributed by atoms with E-state index in [1.165, 1.54) is 15.5 Å². The Morgan fingerprint density at radius 1 is 1.22 bits per heavy atom. The number of aryl methyl sites for hydroxylation is 1. The summed E-state index contributed by atoms with van der Waals surface area (Å²) in [6, 6.07) is 0. The summed E-state index contributed by atoms with van der Waals surface area (Å²) in [5, 5.41) is 0. The molecule has 0 bridgehead atoms. The summed E-state index contributed by atoms with van der Waals surface area (Å²) in [6.07, 6.45) is 11.8. The summed E-state index contributed by atoms with van der Waals surface area (Å²) < 4.78 is 3.77. The van der Waals surface area contributed by atoms with Crippen LogP contribution in [0.2, 0.25) is 0 Å². The van der Waals surface area contributed by atoms with Crippen molar-refractivity contribution in [3.8, 4) is 24.7 Å². The van der Waals surface area contributed by atoms with Crippen LogP contribution in [0.5, 0.6) is 0 Å². The first kappa shape index (κ1) is 11.7. The Hall–Kier alpha value is -2.73. The fourth-order valence-corrected chi connectivity index (χ4v) is 1.78. The first-order valence-electron chi connectivity index (χ1n) is 5.13. The molecule has 0 aliphatic carbocycles. The van der Waals surface area contributed by atoms with Crippen LogP contribution < -0.4 is 11.2 Å². The molecular formula is C12H10N4O2. The van der Waals surface area contributed by atoms with E-state index in [4.69, 9.17) is 12.8 Å². The molecule has 2 heterocycles. The molecule has 18 heavy (non-hydrogen) atoms. The number of hydrogen-bond acceptors (Lipinski definition) is 3. The van der Waals surface area contributed by atoms with Gasteiger partial charge >= 0.3 is 5.69 Å². The molecular weight excluding hydrogens is 232 g/mol. The van der Waals surface area contributed by atoms with Crippen molar-refractivity contribution in [3.05, 3.63) is 27.2 Å². The maximum absolute atomic E-state index is 12.1. The summed E-state index contributed by atoms with van der Waals surface area (Å²) in [7, 11) is 1.67. The molecule has 90 valence electrons. The highest BCUT2D eigenvalue weighted by Crippen LogP contribution is 2.04. The molecule has 2 aromatic heterocycles. The zero-order valence-electron chi connectivity index (χ0n) is 9.75. The molecule has 0 unspecified atom stereocenters. The predicted molar refractivity (Wildman–Crippen MR) is 66.9 cm³/mol. The lowest BCUT2D eigenvalue weighted by Gasteiger charge is -2.07. The van der Waals surface area contributed by atoms with E-state index in [1.807, 2.05) is 0 Å². The van der Waals surface area contributed by atoms with Gasteiger partial charge < -0.3 is 4.57 Å². The molecule has 2 aromatic rings. The molecule has 0 aliphatic heterocycles. The lowest BCUT2D eigenvalue weighted by molar-refractivity contribution is 0.656. The zero-order chi connectivity index (χ0) is 13.3. The maximum atomic E-state index is 12.1.